The molecule has 35 heavy (non-hydrogen) atoms. The lowest BCUT2D eigenvalue weighted by molar-refractivity contribution is -0.122. The lowest BCUT2D eigenvalue weighted by atomic mass is 10.1. The molecule has 0 unspecified atom stereocenters. The third-order valence-electron chi connectivity index (χ3n) is 5.10. The molecular formula is C25H17Cl2FN2O5. The number of halogens is 3. The third-order valence-corrected chi connectivity index (χ3v) is 5.84. The molecular weight excluding hydrogens is 498 g/mol. The number of barbiturate groups is 1. The summed E-state index contributed by atoms with van der Waals surface area (Å²) in [6.45, 7) is -0.0227. The second kappa shape index (κ2) is 10.2. The van der Waals surface area contributed by atoms with Crippen LogP contribution in [0.5, 0.6) is 11.5 Å². The molecule has 1 fully saturated rings. The Balaban J connectivity index is 1.61. The fourth-order valence-corrected chi connectivity index (χ4v) is 3.64. The molecule has 0 saturated carbocycles. The molecule has 1 aliphatic heterocycles. The Morgan fingerprint density at radius 3 is 2.46 bits per heavy atom. The molecule has 0 aromatic heterocycles. The van der Waals surface area contributed by atoms with E-state index in [1.165, 1.54) is 37.5 Å². The number of carbonyl (C=O) groups is 3. The Labute approximate surface area is 209 Å². The molecule has 10 heteroatoms. The van der Waals surface area contributed by atoms with Crippen molar-refractivity contribution in [2.24, 2.45) is 0 Å². The lowest BCUT2D eigenvalue weighted by Crippen LogP contribution is -2.54. The molecule has 0 aliphatic carbocycles. The maximum Gasteiger partial charge on any atom is 0.335 e. The zero-order valence-electron chi connectivity index (χ0n) is 18.2. The zero-order chi connectivity index (χ0) is 25.1. The predicted octanol–water partition coefficient (Wildman–Crippen LogP) is 5.39. The number of nitrogens with zero attached hydrogens (tertiary/aromatic N) is 1. The number of hydrogen-bond acceptors (Lipinski definition) is 5. The van der Waals surface area contributed by atoms with Crippen molar-refractivity contribution in [1.29, 1.82) is 0 Å². The van der Waals surface area contributed by atoms with Gasteiger partial charge in [0.1, 0.15) is 18.0 Å². The number of methoxy groups -OCH3 is 1. The predicted molar refractivity (Wildman–Crippen MR) is 129 cm³/mol. The van der Waals surface area contributed by atoms with Crippen LogP contribution in [0.2, 0.25) is 10.0 Å². The Morgan fingerprint density at radius 2 is 1.74 bits per heavy atom. The molecule has 7 nitrogen and oxygen atoms in total. The number of amides is 4. The number of imide groups is 2. The quantitative estimate of drug-likeness (QED) is 0.352. The average Bonchev–Trinajstić information content (AvgIpc) is 2.83. The molecule has 1 aliphatic rings. The zero-order valence-corrected chi connectivity index (χ0v) is 19.7. The van der Waals surface area contributed by atoms with Gasteiger partial charge >= 0.3 is 6.03 Å². The van der Waals surface area contributed by atoms with Crippen molar-refractivity contribution in [2.45, 2.75) is 6.61 Å². The van der Waals surface area contributed by atoms with E-state index >= 15 is 0 Å². The van der Waals surface area contributed by atoms with Crippen LogP contribution >= 0.6 is 23.2 Å². The Kier molecular flexibility index (Phi) is 7.04. The van der Waals surface area contributed by atoms with Crippen molar-refractivity contribution in [3.05, 3.63) is 93.2 Å². The highest BCUT2D eigenvalue weighted by atomic mass is 35.5. The van der Waals surface area contributed by atoms with Gasteiger partial charge in [-0.05, 0) is 48.0 Å². The first-order valence-corrected chi connectivity index (χ1v) is 10.9. The van der Waals surface area contributed by atoms with Crippen molar-refractivity contribution in [1.82, 2.24) is 5.32 Å². The normalized spacial score (nSPS) is 14.8. The summed E-state index contributed by atoms with van der Waals surface area (Å²) in [6, 6.07) is 14.2. The van der Waals surface area contributed by atoms with Crippen molar-refractivity contribution in [3.8, 4) is 11.5 Å². The first-order chi connectivity index (χ1) is 16.8. The van der Waals surface area contributed by atoms with Crippen LogP contribution in [-0.2, 0) is 16.2 Å². The van der Waals surface area contributed by atoms with Gasteiger partial charge in [-0.3, -0.25) is 14.9 Å². The highest BCUT2D eigenvalue weighted by Crippen LogP contribution is 2.32. The van der Waals surface area contributed by atoms with Crippen LogP contribution in [-0.4, -0.2) is 25.0 Å². The minimum Gasteiger partial charge on any atom is -0.493 e. The molecule has 4 amide bonds. The van der Waals surface area contributed by atoms with Gasteiger partial charge in [-0.15, -0.1) is 0 Å². The van der Waals surface area contributed by atoms with Crippen molar-refractivity contribution in [2.75, 3.05) is 12.0 Å². The summed E-state index contributed by atoms with van der Waals surface area (Å²) in [7, 11) is 1.42. The minimum absolute atomic E-state index is 0.0227. The van der Waals surface area contributed by atoms with Crippen LogP contribution in [0.25, 0.3) is 6.08 Å². The molecule has 1 saturated heterocycles. The number of urea groups is 1. The second-order valence-corrected chi connectivity index (χ2v) is 8.16. The van der Waals surface area contributed by atoms with E-state index in [2.05, 4.69) is 5.32 Å². The largest absolute Gasteiger partial charge is 0.493 e. The Bertz CT molecular complexity index is 1380. The van der Waals surface area contributed by atoms with Crippen LogP contribution in [0.15, 0.2) is 66.2 Å². The maximum absolute atomic E-state index is 13.9. The summed E-state index contributed by atoms with van der Waals surface area (Å²) < 4.78 is 24.9. The van der Waals surface area contributed by atoms with Crippen molar-refractivity contribution >= 4 is 52.8 Å². The molecule has 0 atom stereocenters. The molecule has 0 bridgehead atoms. The van der Waals surface area contributed by atoms with Gasteiger partial charge in [-0.1, -0.05) is 47.5 Å². The van der Waals surface area contributed by atoms with Crippen LogP contribution < -0.4 is 19.7 Å². The van der Waals surface area contributed by atoms with Crippen molar-refractivity contribution < 1.29 is 28.2 Å². The number of rotatable bonds is 6. The summed E-state index contributed by atoms with van der Waals surface area (Å²) in [5, 5.41) is 2.53. The van der Waals surface area contributed by atoms with E-state index in [1.54, 1.807) is 36.4 Å². The molecule has 3 aromatic carbocycles. The molecule has 1 heterocycles. The highest BCUT2D eigenvalue weighted by molar-refractivity contribution is 6.43. The second-order valence-electron chi connectivity index (χ2n) is 7.35. The van der Waals surface area contributed by atoms with Gasteiger partial charge in [0.25, 0.3) is 11.8 Å². The number of carbonyl (C=O) groups excluding carboxylic acids is 3. The Morgan fingerprint density at radius 1 is 0.971 bits per heavy atom. The van der Waals surface area contributed by atoms with Crippen LogP contribution in [0.4, 0.5) is 14.9 Å². The fourth-order valence-electron chi connectivity index (χ4n) is 3.35. The summed E-state index contributed by atoms with van der Waals surface area (Å²) in [4.78, 5) is 38.7. The summed E-state index contributed by atoms with van der Waals surface area (Å²) in [5.74, 6) is -1.44. The lowest BCUT2D eigenvalue weighted by Gasteiger charge is -2.26. The first-order valence-electron chi connectivity index (χ1n) is 10.2. The number of benzene rings is 3. The van der Waals surface area contributed by atoms with Crippen LogP contribution in [0.3, 0.4) is 0 Å². The molecule has 178 valence electrons. The van der Waals surface area contributed by atoms with Gasteiger partial charge in [-0.2, -0.15) is 0 Å². The van der Waals surface area contributed by atoms with E-state index in [-0.39, 0.29) is 27.9 Å². The third kappa shape index (κ3) is 5.13. The topological polar surface area (TPSA) is 84.9 Å². The molecule has 0 radical (unpaired) electrons. The molecule has 0 spiro atoms. The van der Waals surface area contributed by atoms with E-state index in [9.17, 15) is 18.8 Å². The van der Waals surface area contributed by atoms with E-state index in [1.807, 2.05) is 0 Å². The Hall–Kier alpha value is -3.88. The van der Waals surface area contributed by atoms with Gasteiger partial charge in [0.15, 0.2) is 11.5 Å². The highest BCUT2D eigenvalue weighted by Gasteiger charge is 2.37. The van der Waals surface area contributed by atoms with Crippen LogP contribution in [0.1, 0.15) is 11.1 Å². The average molecular weight is 515 g/mol. The van der Waals surface area contributed by atoms with Gasteiger partial charge in [0.05, 0.1) is 22.8 Å². The first kappa shape index (κ1) is 24.3. The van der Waals surface area contributed by atoms with E-state index in [0.717, 1.165) is 4.90 Å². The number of ether oxygens (including phenoxy) is 2. The van der Waals surface area contributed by atoms with Gasteiger partial charge in [-0.25, -0.2) is 14.1 Å². The van der Waals surface area contributed by atoms with Crippen LogP contribution in [0, 0.1) is 5.82 Å². The van der Waals surface area contributed by atoms with Gasteiger partial charge in [0, 0.05) is 5.56 Å². The fraction of sp³-hybridized carbons (Fsp3) is 0.0800. The maximum atomic E-state index is 13.9. The standard InChI is InChI=1S/C25H17Cl2FN2O5/c1-34-22-11-14(6-9-21(22)35-13-15-4-2-3-5-20(15)28)10-17-23(31)29-25(33)30(24(17)32)16-7-8-18(26)19(27)12-16/h2-12H,13H2,1H3,(H,29,31,33)/b17-10+. The van der Waals surface area contributed by atoms with Gasteiger partial charge in [0.2, 0.25) is 0 Å². The van der Waals surface area contributed by atoms with Crippen molar-refractivity contribution in [3.63, 3.8) is 0 Å². The van der Waals surface area contributed by atoms with E-state index in [4.69, 9.17) is 32.7 Å². The number of anilines is 1. The molecule has 1 N–H and O–H groups in total. The van der Waals surface area contributed by atoms with Gasteiger partial charge < -0.3 is 9.47 Å². The number of nitrogens with one attached hydrogen (secondary N) is 1. The molecule has 3 aromatic rings. The monoisotopic (exact) mass is 514 g/mol. The van der Waals surface area contributed by atoms with E-state index < -0.39 is 23.7 Å². The summed E-state index contributed by atoms with van der Waals surface area (Å²) >= 11 is 11.9. The van der Waals surface area contributed by atoms with E-state index in [0.29, 0.717) is 22.6 Å². The number of hydrogen-bond donors (Lipinski definition) is 1. The minimum atomic E-state index is -0.912. The SMILES string of the molecule is COc1cc(/C=C2\C(=O)NC(=O)N(c3ccc(Cl)c(Cl)c3)C2=O)ccc1OCc1ccccc1F. The summed E-state index contributed by atoms with van der Waals surface area (Å²) in [5.41, 5.74) is 0.673. The smallest absolute Gasteiger partial charge is 0.335 e. The summed E-state index contributed by atoms with van der Waals surface area (Å²) in [6.07, 6.45) is 1.32. The molecule has 4 rings (SSSR count).